The quantitative estimate of drug-likeness (QED) is 0.939. The van der Waals surface area contributed by atoms with Crippen molar-refractivity contribution in [3.8, 4) is 0 Å². The molecule has 5 heteroatoms. The van der Waals surface area contributed by atoms with Crippen molar-refractivity contribution in [2.24, 2.45) is 12.8 Å². The van der Waals surface area contributed by atoms with E-state index in [0.29, 0.717) is 17.0 Å². The Balaban J connectivity index is 2.37. The van der Waals surface area contributed by atoms with Gasteiger partial charge in [-0.2, -0.15) is 5.10 Å². The fraction of sp³-hybridized carbons (Fsp3) is 0.438. The number of nitrogens with zero attached hydrogens (tertiary/aromatic N) is 2. The van der Waals surface area contributed by atoms with Crippen LogP contribution in [0.3, 0.4) is 0 Å². The fourth-order valence-electron chi connectivity index (χ4n) is 2.41. The first kappa shape index (κ1) is 16.0. The summed E-state index contributed by atoms with van der Waals surface area (Å²) < 4.78 is 15.5. The van der Waals surface area contributed by atoms with Crippen LogP contribution < -0.4 is 5.73 Å². The topological polar surface area (TPSA) is 43.8 Å². The average molecular weight is 310 g/mol. The number of halogens is 2. The standard InChI is InChI=1S/C16H21ClFN3/c1-5-13-15(17)14(21(4)20-13)9-16(3,19)11-7-6-10(2)12(18)8-11/h6-8H,5,9,19H2,1-4H3. The Labute approximate surface area is 129 Å². The molecule has 2 N–H and O–H groups in total. The second kappa shape index (κ2) is 5.78. The Hall–Kier alpha value is -1.39. The summed E-state index contributed by atoms with van der Waals surface area (Å²) >= 11 is 6.37. The van der Waals surface area contributed by atoms with Gasteiger partial charge in [-0.05, 0) is 37.5 Å². The maximum atomic E-state index is 13.8. The molecule has 114 valence electrons. The van der Waals surface area contributed by atoms with Gasteiger partial charge in [0.1, 0.15) is 5.82 Å². The lowest BCUT2D eigenvalue weighted by molar-refractivity contribution is 0.467. The number of aromatic nitrogens is 2. The van der Waals surface area contributed by atoms with Crippen LogP contribution in [-0.2, 0) is 25.4 Å². The minimum absolute atomic E-state index is 0.241. The first-order chi connectivity index (χ1) is 9.76. The lowest BCUT2D eigenvalue weighted by Crippen LogP contribution is -2.36. The van der Waals surface area contributed by atoms with E-state index in [-0.39, 0.29) is 5.82 Å². The molecule has 0 saturated carbocycles. The molecule has 0 fully saturated rings. The molecule has 0 spiro atoms. The van der Waals surface area contributed by atoms with Gasteiger partial charge in [0.05, 0.1) is 16.4 Å². The molecule has 1 unspecified atom stereocenters. The zero-order chi connectivity index (χ0) is 15.8. The van der Waals surface area contributed by atoms with Crippen molar-refractivity contribution >= 4 is 11.6 Å². The summed E-state index contributed by atoms with van der Waals surface area (Å²) in [4.78, 5) is 0. The second-order valence-electron chi connectivity index (χ2n) is 5.74. The van der Waals surface area contributed by atoms with Gasteiger partial charge < -0.3 is 5.73 Å². The van der Waals surface area contributed by atoms with Gasteiger partial charge >= 0.3 is 0 Å². The van der Waals surface area contributed by atoms with Crippen LogP contribution in [0.1, 0.15) is 36.4 Å². The van der Waals surface area contributed by atoms with Gasteiger partial charge in [0, 0.05) is 19.0 Å². The summed E-state index contributed by atoms with van der Waals surface area (Å²) in [6, 6.07) is 5.11. The highest BCUT2D eigenvalue weighted by atomic mass is 35.5. The van der Waals surface area contributed by atoms with E-state index in [9.17, 15) is 4.39 Å². The third-order valence-electron chi connectivity index (χ3n) is 3.87. The first-order valence-electron chi connectivity index (χ1n) is 7.02. The van der Waals surface area contributed by atoms with Crippen LogP contribution >= 0.6 is 11.6 Å². The van der Waals surface area contributed by atoms with Gasteiger partial charge in [-0.1, -0.05) is 30.7 Å². The Kier molecular flexibility index (Phi) is 4.40. The number of benzene rings is 1. The molecule has 2 aromatic rings. The van der Waals surface area contributed by atoms with Crippen molar-refractivity contribution in [3.63, 3.8) is 0 Å². The van der Waals surface area contributed by atoms with E-state index in [1.807, 2.05) is 27.0 Å². The smallest absolute Gasteiger partial charge is 0.126 e. The number of rotatable bonds is 4. The minimum atomic E-state index is -0.711. The summed E-state index contributed by atoms with van der Waals surface area (Å²) in [7, 11) is 1.85. The molecule has 0 aliphatic carbocycles. The summed E-state index contributed by atoms with van der Waals surface area (Å²) in [5.41, 5.74) is 8.80. The van der Waals surface area contributed by atoms with Crippen molar-refractivity contribution in [2.75, 3.05) is 0 Å². The van der Waals surface area contributed by atoms with Crippen molar-refractivity contribution in [2.45, 2.75) is 39.2 Å². The molecule has 0 radical (unpaired) electrons. The Morgan fingerprint density at radius 2 is 2.10 bits per heavy atom. The molecular weight excluding hydrogens is 289 g/mol. The van der Waals surface area contributed by atoms with Crippen LogP contribution in [0.15, 0.2) is 18.2 Å². The molecule has 1 atom stereocenters. The van der Waals surface area contributed by atoms with Crippen LogP contribution in [0, 0.1) is 12.7 Å². The van der Waals surface area contributed by atoms with E-state index < -0.39 is 5.54 Å². The monoisotopic (exact) mass is 309 g/mol. The minimum Gasteiger partial charge on any atom is -0.321 e. The molecule has 2 rings (SSSR count). The maximum Gasteiger partial charge on any atom is 0.126 e. The molecule has 0 saturated heterocycles. The van der Waals surface area contributed by atoms with E-state index in [1.165, 1.54) is 6.07 Å². The highest BCUT2D eigenvalue weighted by Gasteiger charge is 2.26. The van der Waals surface area contributed by atoms with Crippen molar-refractivity contribution in [1.82, 2.24) is 9.78 Å². The van der Waals surface area contributed by atoms with E-state index in [1.54, 1.807) is 17.7 Å². The molecule has 21 heavy (non-hydrogen) atoms. The normalized spacial score (nSPS) is 14.2. The summed E-state index contributed by atoms with van der Waals surface area (Å²) in [5, 5.41) is 5.05. The first-order valence-corrected chi connectivity index (χ1v) is 7.39. The highest BCUT2D eigenvalue weighted by Crippen LogP contribution is 2.29. The molecule has 1 aromatic carbocycles. The van der Waals surface area contributed by atoms with Gasteiger partial charge in [0.15, 0.2) is 0 Å². The zero-order valence-electron chi connectivity index (χ0n) is 12.9. The molecule has 0 aliphatic rings. The summed E-state index contributed by atoms with van der Waals surface area (Å²) in [5.74, 6) is -0.241. The average Bonchev–Trinajstić information content (AvgIpc) is 2.69. The summed E-state index contributed by atoms with van der Waals surface area (Å²) in [6.07, 6.45) is 1.27. The van der Waals surface area contributed by atoms with Gasteiger partial charge in [-0.15, -0.1) is 0 Å². The predicted molar refractivity (Wildman–Crippen MR) is 84.0 cm³/mol. The van der Waals surface area contributed by atoms with E-state index in [4.69, 9.17) is 17.3 Å². The van der Waals surface area contributed by atoms with Crippen LogP contribution in [0.25, 0.3) is 0 Å². The molecular formula is C16H21ClFN3. The highest BCUT2D eigenvalue weighted by molar-refractivity contribution is 6.31. The van der Waals surface area contributed by atoms with Crippen molar-refractivity contribution in [1.29, 1.82) is 0 Å². The van der Waals surface area contributed by atoms with Gasteiger partial charge in [-0.3, -0.25) is 4.68 Å². The van der Waals surface area contributed by atoms with Gasteiger partial charge in [-0.25, -0.2) is 4.39 Å². The SMILES string of the molecule is CCc1nn(C)c(CC(C)(N)c2ccc(C)c(F)c2)c1Cl. The molecule has 3 nitrogen and oxygen atoms in total. The Morgan fingerprint density at radius 1 is 1.43 bits per heavy atom. The van der Waals surface area contributed by atoms with Gasteiger partial charge in [0.25, 0.3) is 0 Å². The molecule has 0 amide bonds. The van der Waals surface area contributed by atoms with E-state index >= 15 is 0 Å². The fourth-order valence-corrected chi connectivity index (χ4v) is 2.77. The van der Waals surface area contributed by atoms with Crippen LogP contribution in [0.2, 0.25) is 5.02 Å². The van der Waals surface area contributed by atoms with Crippen LogP contribution in [-0.4, -0.2) is 9.78 Å². The van der Waals surface area contributed by atoms with Crippen molar-refractivity contribution < 1.29 is 4.39 Å². The van der Waals surface area contributed by atoms with Gasteiger partial charge in [0.2, 0.25) is 0 Å². The lowest BCUT2D eigenvalue weighted by Gasteiger charge is -2.26. The largest absolute Gasteiger partial charge is 0.321 e. The third-order valence-corrected chi connectivity index (χ3v) is 4.31. The number of nitrogens with two attached hydrogens (primary N) is 1. The van der Waals surface area contributed by atoms with E-state index in [0.717, 1.165) is 23.4 Å². The number of hydrogen-bond acceptors (Lipinski definition) is 2. The predicted octanol–water partition coefficient (Wildman–Crippen LogP) is 3.50. The van der Waals surface area contributed by atoms with E-state index in [2.05, 4.69) is 5.10 Å². The Bertz CT molecular complexity index is 662. The zero-order valence-corrected chi connectivity index (χ0v) is 13.6. The second-order valence-corrected chi connectivity index (χ2v) is 6.12. The molecule has 0 aliphatic heterocycles. The molecule has 1 aromatic heterocycles. The van der Waals surface area contributed by atoms with Crippen LogP contribution in [0.4, 0.5) is 4.39 Å². The lowest BCUT2D eigenvalue weighted by atomic mass is 9.87. The number of hydrogen-bond donors (Lipinski definition) is 1. The van der Waals surface area contributed by atoms with Crippen molar-refractivity contribution in [3.05, 3.63) is 51.6 Å². The molecule has 1 heterocycles. The number of aryl methyl sites for hydroxylation is 3. The summed E-state index contributed by atoms with van der Waals surface area (Å²) in [6.45, 7) is 5.62. The third kappa shape index (κ3) is 3.11. The maximum absolute atomic E-state index is 13.8. The Morgan fingerprint density at radius 3 is 2.62 bits per heavy atom. The molecule has 0 bridgehead atoms. The van der Waals surface area contributed by atoms with Crippen LogP contribution in [0.5, 0.6) is 0 Å².